The van der Waals surface area contributed by atoms with Crippen molar-refractivity contribution in [2.45, 2.75) is 6.42 Å². The standard InChI is InChI=1S/C13H7Br2ClN2O2S/c14-6-3-10(21-12(6)15)13(20)18-9-1-5-2-11(19)17-8(5)4-7(9)16/h1,3-4H,2H2,(H,17,19)(H,18,20). The minimum atomic E-state index is -0.245. The lowest BCUT2D eigenvalue weighted by atomic mass is 10.1. The molecular weight excluding hydrogens is 443 g/mol. The predicted octanol–water partition coefficient (Wildman–Crippen LogP) is 4.67. The number of fused-ring (bicyclic) bond motifs is 1. The van der Waals surface area contributed by atoms with Gasteiger partial charge in [0.15, 0.2) is 0 Å². The third-order valence-corrected chi connectivity index (χ3v) is 6.50. The number of anilines is 2. The van der Waals surface area contributed by atoms with Gasteiger partial charge in [-0.05, 0) is 55.6 Å². The van der Waals surface area contributed by atoms with E-state index in [4.69, 9.17) is 11.6 Å². The van der Waals surface area contributed by atoms with Crippen LogP contribution in [0.25, 0.3) is 0 Å². The largest absolute Gasteiger partial charge is 0.325 e. The summed E-state index contributed by atoms with van der Waals surface area (Å²) in [6.45, 7) is 0. The maximum atomic E-state index is 12.2. The molecular formula is C13H7Br2ClN2O2S. The maximum absolute atomic E-state index is 12.2. The molecule has 0 spiro atoms. The van der Waals surface area contributed by atoms with E-state index in [1.165, 1.54) is 11.3 Å². The highest BCUT2D eigenvalue weighted by atomic mass is 79.9. The molecule has 0 radical (unpaired) electrons. The Morgan fingerprint density at radius 3 is 2.76 bits per heavy atom. The molecule has 1 aliphatic heterocycles. The van der Waals surface area contributed by atoms with E-state index < -0.39 is 0 Å². The molecule has 8 heteroatoms. The number of nitrogens with one attached hydrogen (secondary N) is 2. The monoisotopic (exact) mass is 448 g/mol. The summed E-state index contributed by atoms with van der Waals surface area (Å²) in [7, 11) is 0. The Morgan fingerprint density at radius 2 is 2.10 bits per heavy atom. The van der Waals surface area contributed by atoms with Crippen LogP contribution in [0.15, 0.2) is 26.5 Å². The van der Waals surface area contributed by atoms with Crippen LogP contribution in [-0.2, 0) is 11.2 Å². The van der Waals surface area contributed by atoms with Crippen LogP contribution < -0.4 is 10.6 Å². The minimum Gasteiger partial charge on any atom is -0.325 e. The molecule has 0 atom stereocenters. The third-order valence-electron chi connectivity index (χ3n) is 2.94. The van der Waals surface area contributed by atoms with Crippen LogP contribution >= 0.6 is 54.8 Å². The van der Waals surface area contributed by atoms with Crippen LogP contribution in [0, 0.1) is 0 Å². The molecule has 1 aliphatic rings. The summed E-state index contributed by atoms with van der Waals surface area (Å²) in [6.07, 6.45) is 0.297. The van der Waals surface area contributed by atoms with Gasteiger partial charge in [0.25, 0.3) is 5.91 Å². The van der Waals surface area contributed by atoms with Crippen molar-refractivity contribution < 1.29 is 9.59 Å². The van der Waals surface area contributed by atoms with Crippen molar-refractivity contribution in [2.75, 3.05) is 10.6 Å². The summed E-state index contributed by atoms with van der Waals surface area (Å²) in [5.41, 5.74) is 2.02. The average molecular weight is 451 g/mol. The van der Waals surface area contributed by atoms with Gasteiger partial charge in [-0.3, -0.25) is 9.59 Å². The lowest BCUT2D eigenvalue weighted by molar-refractivity contribution is -0.115. The fourth-order valence-electron chi connectivity index (χ4n) is 1.99. The summed E-state index contributed by atoms with van der Waals surface area (Å²) in [5.74, 6) is -0.318. The topological polar surface area (TPSA) is 58.2 Å². The molecule has 0 saturated heterocycles. The number of hydrogen-bond donors (Lipinski definition) is 2. The van der Waals surface area contributed by atoms with Gasteiger partial charge in [0.05, 0.1) is 25.8 Å². The molecule has 0 bridgehead atoms. The maximum Gasteiger partial charge on any atom is 0.265 e. The SMILES string of the molecule is O=C1Cc2cc(NC(=O)c3cc(Br)c(Br)s3)c(Cl)cc2N1. The number of amides is 2. The highest BCUT2D eigenvalue weighted by Crippen LogP contribution is 2.35. The van der Waals surface area contributed by atoms with Crippen molar-refractivity contribution in [1.82, 2.24) is 0 Å². The zero-order valence-electron chi connectivity index (χ0n) is 10.3. The molecule has 108 valence electrons. The van der Waals surface area contributed by atoms with Crippen molar-refractivity contribution >= 4 is 78.0 Å². The van der Waals surface area contributed by atoms with Crippen LogP contribution in [0.2, 0.25) is 5.02 Å². The number of rotatable bonds is 2. The Kier molecular flexibility index (Phi) is 4.09. The fourth-order valence-corrected chi connectivity index (χ4v) is 4.13. The molecule has 1 aromatic carbocycles. The van der Waals surface area contributed by atoms with Gasteiger partial charge in [-0.25, -0.2) is 0 Å². The Balaban J connectivity index is 1.87. The Hall–Kier alpha value is -0.890. The van der Waals surface area contributed by atoms with Crippen LogP contribution in [-0.4, -0.2) is 11.8 Å². The van der Waals surface area contributed by atoms with Gasteiger partial charge in [0.1, 0.15) is 0 Å². The van der Waals surface area contributed by atoms with Crippen molar-refractivity contribution in [1.29, 1.82) is 0 Å². The zero-order chi connectivity index (χ0) is 15.1. The lowest BCUT2D eigenvalue weighted by Gasteiger charge is -2.08. The van der Waals surface area contributed by atoms with E-state index in [9.17, 15) is 9.59 Å². The molecule has 4 nitrogen and oxygen atoms in total. The van der Waals surface area contributed by atoms with E-state index in [2.05, 4.69) is 42.5 Å². The van der Waals surface area contributed by atoms with E-state index in [1.807, 2.05) is 0 Å². The molecule has 2 amide bonds. The van der Waals surface area contributed by atoms with Gasteiger partial charge in [-0.1, -0.05) is 11.6 Å². The summed E-state index contributed by atoms with van der Waals surface area (Å²) < 4.78 is 1.68. The quantitative estimate of drug-likeness (QED) is 0.699. The number of thiophene rings is 1. The first-order valence-corrected chi connectivity index (χ1v) is 8.60. The molecule has 0 saturated carbocycles. The van der Waals surface area contributed by atoms with Crippen LogP contribution in [0.5, 0.6) is 0 Å². The normalized spacial score (nSPS) is 13.0. The zero-order valence-corrected chi connectivity index (χ0v) is 15.0. The van der Waals surface area contributed by atoms with Gasteiger partial charge in [-0.2, -0.15) is 0 Å². The third kappa shape index (κ3) is 3.01. The molecule has 2 N–H and O–H groups in total. The van der Waals surface area contributed by atoms with Crippen molar-refractivity contribution in [3.63, 3.8) is 0 Å². The van der Waals surface area contributed by atoms with Crippen LogP contribution in [0.4, 0.5) is 11.4 Å². The highest BCUT2D eigenvalue weighted by Gasteiger charge is 2.21. The second-order valence-corrected chi connectivity index (χ2v) is 8.03. The molecule has 21 heavy (non-hydrogen) atoms. The number of hydrogen-bond acceptors (Lipinski definition) is 3. The van der Waals surface area contributed by atoms with Crippen LogP contribution in [0.3, 0.4) is 0 Å². The number of benzene rings is 1. The van der Waals surface area contributed by atoms with Crippen molar-refractivity contribution in [3.8, 4) is 0 Å². The van der Waals surface area contributed by atoms with E-state index in [0.717, 1.165) is 13.8 Å². The molecule has 3 rings (SSSR count). The summed E-state index contributed by atoms with van der Waals surface area (Å²) >= 11 is 14.2. The van der Waals surface area contributed by atoms with Crippen LogP contribution in [0.1, 0.15) is 15.2 Å². The summed E-state index contributed by atoms with van der Waals surface area (Å²) in [5, 5.41) is 5.87. The Morgan fingerprint density at radius 1 is 1.33 bits per heavy atom. The van der Waals surface area contributed by atoms with Gasteiger partial charge in [0.2, 0.25) is 5.91 Å². The summed E-state index contributed by atoms with van der Waals surface area (Å²) in [4.78, 5) is 24.1. The summed E-state index contributed by atoms with van der Waals surface area (Å²) in [6, 6.07) is 5.11. The molecule has 0 unspecified atom stereocenters. The van der Waals surface area contributed by atoms with E-state index in [0.29, 0.717) is 27.7 Å². The van der Waals surface area contributed by atoms with Gasteiger partial charge >= 0.3 is 0 Å². The first-order valence-electron chi connectivity index (χ1n) is 5.82. The first kappa shape index (κ1) is 15.0. The second-order valence-electron chi connectivity index (χ2n) is 4.40. The average Bonchev–Trinajstić information content (AvgIpc) is 2.92. The molecule has 2 heterocycles. The lowest BCUT2D eigenvalue weighted by Crippen LogP contribution is -2.10. The molecule has 1 aromatic heterocycles. The van der Waals surface area contributed by atoms with Gasteiger partial charge in [-0.15, -0.1) is 11.3 Å². The van der Waals surface area contributed by atoms with E-state index in [-0.39, 0.29) is 11.8 Å². The van der Waals surface area contributed by atoms with Gasteiger partial charge in [0, 0.05) is 10.2 Å². The molecule has 2 aromatic rings. The Labute approximate surface area is 146 Å². The second kappa shape index (κ2) is 5.72. The van der Waals surface area contributed by atoms with Crippen molar-refractivity contribution in [2.24, 2.45) is 0 Å². The fraction of sp³-hybridized carbons (Fsp3) is 0.0769. The minimum absolute atomic E-state index is 0.0735. The molecule has 0 fully saturated rings. The van der Waals surface area contributed by atoms with Crippen molar-refractivity contribution in [3.05, 3.63) is 41.9 Å². The highest BCUT2D eigenvalue weighted by molar-refractivity contribution is 9.13. The number of carbonyl (C=O) groups is 2. The van der Waals surface area contributed by atoms with E-state index >= 15 is 0 Å². The predicted molar refractivity (Wildman–Crippen MR) is 91.5 cm³/mol. The number of halogens is 3. The molecule has 0 aliphatic carbocycles. The first-order chi connectivity index (χ1) is 9.94. The smallest absolute Gasteiger partial charge is 0.265 e. The number of carbonyl (C=O) groups excluding carboxylic acids is 2. The Bertz CT molecular complexity index is 756. The van der Waals surface area contributed by atoms with Gasteiger partial charge < -0.3 is 10.6 Å². The van der Waals surface area contributed by atoms with E-state index in [1.54, 1.807) is 18.2 Å².